The molecule has 1 aliphatic carbocycles. The minimum Gasteiger partial charge on any atom is -0.376 e. The lowest BCUT2D eigenvalue weighted by Gasteiger charge is -2.35. The van der Waals surface area contributed by atoms with Crippen LogP contribution >= 0.6 is 0 Å². The Morgan fingerprint density at radius 1 is 1.29 bits per heavy atom. The van der Waals surface area contributed by atoms with E-state index in [0.29, 0.717) is 13.3 Å². The highest BCUT2D eigenvalue weighted by Gasteiger charge is 2.51. The van der Waals surface area contributed by atoms with Crippen molar-refractivity contribution in [3.63, 3.8) is 0 Å². The number of imide groups is 1. The van der Waals surface area contributed by atoms with Crippen molar-refractivity contribution < 1.29 is 14.3 Å². The number of hydrogen-bond acceptors (Lipinski definition) is 4. The molecule has 21 heavy (non-hydrogen) atoms. The van der Waals surface area contributed by atoms with Gasteiger partial charge in [0.25, 0.3) is 5.91 Å². The maximum atomic E-state index is 12.7. The molecular formula is C15H25N3O3. The van der Waals surface area contributed by atoms with Crippen molar-refractivity contribution in [2.45, 2.75) is 57.1 Å². The molecule has 6 nitrogen and oxygen atoms in total. The number of amides is 3. The highest BCUT2D eigenvalue weighted by atomic mass is 16.5. The second kappa shape index (κ2) is 5.93. The number of nitrogens with one attached hydrogen (secondary N) is 1. The molecule has 0 unspecified atom stereocenters. The number of ether oxygens (including phenoxy) is 1. The van der Waals surface area contributed by atoms with Crippen LogP contribution in [-0.4, -0.2) is 59.7 Å². The number of carbonyl (C=O) groups excluding carboxylic acids is 2. The maximum Gasteiger partial charge on any atom is 0.326 e. The Bertz CT molecular complexity index is 420. The lowest BCUT2D eigenvalue weighted by atomic mass is 9.82. The van der Waals surface area contributed by atoms with Crippen LogP contribution in [0.25, 0.3) is 0 Å². The molecule has 0 bridgehead atoms. The van der Waals surface area contributed by atoms with Crippen LogP contribution in [0.4, 0.5) is 4.79 Å². The molecule has 6 heteroatoms. The van der Waals surface area contributed by atoms with Gasteiger partial charge in [-0.15, -0.1) is 0 Å². The molecule has 1 atom stereocenters. The van der Waals surface area contributed by atoms with Gasteiger partial charge in [0.15, 0.2) is 0 Å². The predicted molar refractivity (Wildman–Crippen MR) is 77.7 cm³/mol. The highest BCUT2D eigenvalue weighted by molar-refractivity contribution is 6.07. The maximum absolute atomic E-state index is 12.7. The fourth-order valence-electron chi connectivity index (χ4n) is 3.65. The molecular weight excluding hydrogens is 270 g/mol. The Kier molecular flexibility index (Phi) is 4.17. The van der Waals surface area contributed by atoms with E-state index in [4.69, 9.17) is 4.74 Å². The Labute approximate surface area is 125 Å². The van der Waals surface area contributed by atoms with E-state index in [9.17, 15) is 9.59 Å². The molecule has 1 spiro atoms. The average molecular weight is 295 g/mol. The highest BCUT2D eigenvalue weighted by Crippen LogP contribution is 2.33. The first-order chi connectivity index (χ1) is 10.1. The van der Waals surface area contributed by atoms with Gasteiger partial charge in [-0.05, 0) is 19.3 Å². The summed E-state index contributed by atoms with van der Waals surface area (Å²) >= 11 is 0. The minimum absolute atomic E-state index is 0.0215. The van der Waals surface area contributed by atoms with Crippen molar-refractivity contribution >= 4 is 11.9 Å². The van der Waals surface area contributed by atoms with Gasteiger partial charge in [0, 0.05) is 13.1 Å². The molecule has 1 saturated carbocycles. The summed E-state index contributed by atoms with van der Waals surface area (Å²) in [4.78, 5) is 28.5. The van der Waals surface area contributed by atoms with E-state index < -0.39 is 5.54 Å². The molecule has 0 aromatic carbocycles. The molecule has 2 heterocycles. The summed E-state index contributed by atoms with van der Waals surface area (Å²) in [5.41, 5.74) is -0.605. The third-order valence-electron chi connectivity index (χ3n) is 4.97. The van der Waals surface area contributed by atoms with Crippen molar-refractivity contribution in [2.75, 3.05) is 26.4 Å². The van der Waals surface area contributed by atoms with Gasteiger partial charge in [-0.2, -0.15) is 0 Å². The van der Waals surface area contributed by atoms with Crippen LogP contribution in [0.1, 0.15) is 45.4 Å². The largest absolute Gasteiger partial charge is 0.376 e. The SMILES string of the molecule is CC[C@@H]1CN(CN2C(=O)NC3(CCCCC3)C2=O)CCO1. The van der Waals surface area contributed by atoms with Crippen molar-refractivity contribution in [3.05, 3.63) is 0 Å². The van der Waals surface area contributed by atoms with Crippen molar-refractivity contribution in [3.8, 4) is 0 Å². The average Bonchev–Trinajstić information content (AvgIpc) is 2.73. The molecule has 0 aromatic heterocycles. The number of morpholine rings is 1. The normalized spacial score (nSPS) is 30.0. The Balaban J connectivity index is 1.65. The van der Waals surface area contributed by atoms with E-state index in [2.05, 4.69) is 17.1 Å². The van der Waals surface area contributed by atoms with Gasteiger partial charge in [-0.1, -0.05) is 26.2 Å². The Morgan fingerprint density at radius 3 is 2.76 bits per heavy atom. The Morgan fingerprint density at radius 2 is 2.05 bits per heavy atom. The zero-order chi connectivity index (χ0) is 14.9. The first-order valence-corrected chi connectivity index (χ1v) is 8.13. The second-order valence-electron chi connectivity index (χ2n) is 6.43. The van der Waals surface area contributed by atoms with Crippen LogP contribution in [0.3, 0.4) is 0 Å². The lowest BCUT2D eigenvalue weighted by Crippen LogP contribution is -2.51. The molecule has 0 radical (unpaired) electrons. The number of hydrogen-bond donors (Lipinski definition) is 1. The monoisotopic (exact) mass is 295 g/mol. The number of rotatable bonds is 3. The van der Waals surface area contributed by atoms with Crippen molar-refractivity contribution in [1.82, 2.24) is 15.1 Å². The van der Waals surface area contributed by atoms with E-state index in [1.165, 1.54) is 4.90 Å². The van der Waals surface area contributed by atoms with Gasteiger partial charge in [0.1, 0.15) is 5.54 Å². The molecule has 3 fully saturated rings. The Hall–Kier alpha value is -1.14. The standard InChI is InChI=1S/C15H25N3O3/c1-2-12-10-17(8-9-21-12)11-18-13(19)15(16-14(18)20)6-4-3-5-7-15/h12H,2-11H2,1H3,(H,16,20)/t12-/m1/s1. The third kappa shape index (κ3) is 2.79. The van der Waals surface area contributed by atoms with Gasteiger partial charge in [0.2, 0.25) is 0 Å². The van der Waals surface area contributed by atoms with Crippen LogP contribution in [0, 0.1) is 0 Å². The van der Waals surface area contributed by atoms with E-state index >= 15 is 0 Å². The molecule has 2 saturated heterocycles. The van der Waals surface area contributed by atoms with E-state index in [0.717, 1.165) is 51.6 Å². The summed E-state index contributed by atoms with van der Waals surface area (Å²) in [6, 6.07) is -0.221. The molecule has 118 valence electrons. The smallest absolute Gasteiger partial charge is 0.326 e. The quantitative estimate of drug-likeness (QED) is 0.798. The van der Waals surface area contributed by atoms with Crippen molar-refractivity contribution in [2.24, 2.45) is 0 Å². The summed E-state index contributed by atoms with van der Waals surface area (Å²) < 4.78 is 5.64. The summed E-state index contributed by atoms with van der Waals surface area (Å²) in [5, 5.41) is 2.96. The molecule has 3 aliphatic rings. The topological polar surface area (TPSA) is 61.9 Å². The second-order valence-corrected chi connectivity index (χ2v) is 6.43. The summed E-state index contributed by atoms with van der Waals surface area (Å²) in [7, 11) is 0. The lowest BCUT2D eigenvalue weighted by molar-refractivity contribution is -0.135. The summed E-state index contributed by atoms with van der Waals surface area (Å²) in [6.07, 6.45) is 5.95. The van der Waals surface area contributed by atoms with E-state index in [-0.39, 0.29) is 18.0 Å². The fraction of sp³-hybridized carbons (Fsp3) is 0.867. The van der Waals surface area contributed by atoms with Gasteiger partial charge < -0.3 is 10.1 Å². The van der Waals surface area contributed by atoms with Gasteiger partial charge >= 0.3 is 6.03 Å². The first kappa shape index (κ1) is 14.8. The first-order valence-electron chi connectivity index (χ1n) is 8.13. The number of urea groups is 1. The third-order valence-corrected chi connectivity index (χ3v) is 4.97. The van der Waals surface area contributed by atoms with E-state index in [1.54, 1.807) is 0 Å². The number of nitrogens with zero attached hydrogens (tertiary/aromatic N) is 2. The van der Waals surface area contributed by atoms with Crippen LogP contribution < -0.4 is 5.32 Å². The zero-order valence-corrected chi connectivity index (χ0v) is 12.8. The molecule has 3 rings (SSSR count). The minimum atomic E-state index is -0.605. The summed E-state index contributed by atoms with van der Waals surface area (Å²) in [5.74, 6) is -0.0215. The van der Waals surface area contributed by atoms with Gasteiger partial charge in [-0.3, -0.25) is 9.69 Å². The molecule has 1 N–H and O–H groups in total. The van der Waals surface area contributed by atoms with Crippen LogP contribution in [-0.2, 0) is 9.53 Å². The van der Waals surface area contributed by atoms with Crippen LogP contribution in [0.5, 0.6) is 0 Å². The van der Waals surface area contributed by atoms with Crippen molar-refractivity contribution in [1.29, 1.82) is 0 Å². The zero-order valence-electron chi connectivity index (χ0n) is 12.8. The number of carbonyl (C=O) groups is 2. The van der Waals surface area contributed by atoms with Gasteiger partial charge in [-0.25, -0.2) is 9.69 Å². The van der Waals surface area contributed by atoms with Crippen LogP contribution in [0.15, 0.2) is 0 Å². The molecule has 3 amide bonds. The summed E-state index contributed by atoms with van der Waals surface area (Å²) in [6.45, 7) is 4.74. The van der Waals surface area contributed by atoms with Gasteiger partial charge in [0.05, 0.1) is 19.4 Å². The molecule has 2 aliphatic heterocycles. The fourth-order valence-corrected chi connectivity index (χ4v) is 3.65. The van der Waals surface area contributed by atoms with Crippen LogP contribution in [0.2, 0.25) is 0 Å². The molecule has 0 aromatic rings. The van der Waals surface area contributed by atoms with E-state index in [1.807, 2.05) is 0 Å². The predicted octanol–water partition coefficient (Wildman–Crippen LogP) is 1.31.